The van der Waals surface area contributed by atoms with Crippen LogP contribution in [0.1, 0.15) is 55.4 Å². The Kier molecular flexibility index (Phi) is 30.1. The van der Waals surface area contributed by atoms with Crippen LogP contribution >= 0.6 is 0 Å². The average molecular weight is 400 g/mol. The summed E-state index contributed by atoms with van der Waals surface area (Å²) in [5, 5.41) is 33.1. The van der Waals surface area contributed by atoms with E-state index >= 15 is 0 Å². The molecule has 0 aliphatic rings. The van der Waals surface area contributed by atoms with Crippen molar-refractivity contribution in [1.82, 2.24) is 0 Å². The van der Waals surface area contributed by atoms with Gasteiger partial charge in [0.15, 0.2) is 35.3 Å². The average Bonchev–Trinajstić information content (AvgIpc) is 2.35. The van der Waals surface area contributed by atoms with E-state index in [1.807, 2.05) is 0 Å². The molecule has 0 heterocycles. The van der Waals surface area contributed by atoms with Crippen molar-refractivity contribution in [2.24, 2.45) is 0 Å². The zero-order chi connectivity index (χ0) is 20.6. The Morgan fingerprint density at radius 2 is 0.600 bits per heavy atom. The Labute approximate surface area is 164 Å². The van der Waals surface area contributed by atoms with Crippen molar-refractivity contribution >= 4 is 23.1 Å². The first-order valence-corrected chi connectivity index (χ1v) is 7.31. The van der Waals surface area contributed by atoms with Crippen molar-refractivity contribution in [2.45, 2.75) is 79.8 Å². The van der Waals surface area contributed by atoms with Crippen LogP contribution < -0.4 is 0 Å². The third-order valence-corrected chi connectivity index (χ3v) is 1.54. The fourth-order valence-electron chi connectivity index (χ4n) is 0.572. The van der Waals surface area contributed by atoms with E-state index in [9.17, 15) is 19.2 Å². The van der Waals surface area contributed by atoms with Gasteiger partial charge in [-0.05, 0) is 55.4 Å². The van der Waals surface area contributed by atoms with Gasteiger partial charge in [0, 0.05) is 33.9 Å². The van der Waals surface area contributed by atoms with Gasteiger partial charge in [-0.25, -0.2) is 0 Å². The molecule has 8 nitrogen and oxygen atoms in total. The van der Waals surface area contributed by atoms with Gasteiger partial charge < -0.3 is 20.4 Å². The molecule has 0 aliphatic carbocycles. The zero-order valence-electron chi connectivity index (χ0n) is 16.2. The number of carbonyl (C=O) groups excluding carboxylic acids is 4. The van der Waals surface area contributed by atoms with E-state index in [0.29, 0.717) is 0 Å². The van der Waals surface area contributed by atoms with Gasteiger partial charge in [0.1, 0.15) is 0 Å². The predicted molar refractivity (Wildman–Crippen MR) is 89.4 cm³/mol. The smallest absolute Gasteiger partial charge is 0.170 e. The van der Waals surface area contributed by atoms with Crippen molar-refractivity contribution in [3.63, 3.8) is 0 Å². The quantitative estimate of drug-likeness (QED) is 0.375. The van der Waals surface area contributed by atoms with Gasteiger partial charge in [-0.15, -0.1) is 0 Å². The first-order valence-electron chi connectivity index (χ1n) is 7.31. The second kappa shape index (κ2) is 21.3. The number of aliphatic hydroxyl groups excluding tert-OH is 4. The third kappa shape index (κ3) is 45.1. The van der Waals surface area contributed by atoms with Crippen LogP contribution in [0.15, 0.2) is 0 Å². The van der Waals surface area contributed by atoms with E-state index in [1.165, 1.54) is 27.7 Å². The normalized spacial score (nSPS) is 8.96. The van der Waals surface area contributed by atoms with Crippen LogP contribution in [0.5, 0.6) is 0 Å². The van der Waals surface area contributed by atoms with Crippen LogP contribution in [0, 0.1) is 0 Å². The standard InChI is InChI=1S/2C5H8O3.2C3H8O.Ti/c2*1-3(6)5(8)4(2)7;2*1-3(2)4;/h2*5,8H,1-2H3;2*3-4H,1-2H3;. The van der Waals surface area contributed by atoms with Gasteiger partial charge in [0.25, 0.3) is 0 Å². The van der Waals surface area contributed by atoms with E-state index in [2.05, 4.69) is 0 Å². The summed E-state index contributed by atoms with van der Waals surface area (Å²) in [6, 6.07) is 0. The molecule has 0 fully saturated rings. The Balaban J connectivity index is -0.0000000739. The summed E-state index contributed by atoms with van der Waals surface area (Å²) in [6.07, 6.45) is -3.15. The first kappa shape index (κ1) is 35.4. The largest absolute Gasteiger partial charge is 0.394 e. The van der Waals surface area contributed by atoms with Gasteiger partial charge in [0.2, 0.25) is 0 Å². The molecule has 0 saturated carbocycles. The molecule has 0 spiro atoms. The Hall–Kier alpha value is -0.766. The van der Waals surface area contributed by atoms with Crippen LogP contribution in [0.4, 0.5) is 0 Å². The number of ketones is 4. The minimum absolute atomic E-state index is 0. The van der Waals surface area contributed by atoms with Gasteiger partial charge in [-0.1, -0.05) is 0 Å². The van der Waals surface area contributed by atoms with Crippen LogP contribution in [0.2, 0.25) is 0 Å². The maximum Gasteiger partial charge on any atom is 0.170 e. The monoisotopic (exact) mass is 400 g/mol. The first-order chi connectivity index (χ1) is 10.6. The molecule has 0 aromatic heterocycles. The Morgan fingerprint density at radius 1 is 0.520 bits per heavy atom. The summed E-state index contributed by atoms with van der Waals surface area (Å²) in [5.41, 5.74) is 0. The summed E-state index contributed by atoms with van der Waals surface area (Å²) in [5.74, 6) is -2.01. The fraction of sp³-hybridized carbons (Fsp3) is 0.750. The number of Topliss-reactive ketones (excluding diaryl/α,β-unsaturated/α-hetero) is 4. The molecule has 4 N–H and O–H groups in total. The van der Waals surface area contributed by atoms with Crippen molar-refractivity contribution in [3.05, 3.63) is 0 Å². The summed E-state index contributed by atoms with van der Waals surface area (Å²) < 4.78 is 0. The van der Waals surface area contributed by atoms with E-state index in [1.54, 1.807) is 27.7 Å². The second-order valence-electron chi connectivity index (χ2n) is 5.44. The molecule has 0 amide bonds. The summed E-state index contributed by atoms with van der Waals surface area (Å²) in [4.78, 5) is 40.5. The molecule has 25 heavy (non-hydrogen) atoms. The Morgan fingerprint density at radius 3 is 0.600 bits per heavy atom. The van der Waals surface area contributed by atoms with E-state index < -0.39 is 35.3 Å². The molecular formula is C16H32O8Ti. The molecule has 0 radical (unpaired) electrons. The van der Waals surface area contributed by atoms with E-state index in [4.69, 9.17) is 20.4 Å². The molecule has 0 aromatic carbocycles. The van der Waals surface area contributed by atoms with E-state index in [0.717, 1.165) is 0 Å². The number of hydrogen-bond acceptors (Lipinski definition) is 8. The molecule has 148 valence electrons. The molecule has 0 rings (SSSR count). The third-order valence-electron chi connectivity index (χ3n) is 1.54. The molecule has 0 bridgehead atoms. The summed E-state index contributed by atoms with van der Waals surface area (Å²) in [7, 11) is 0. The maximum absolute atomic E-state index is 10.1. The minimum atomic E-state index is -1.41. The summed E-state index contributed by atoms with van der Waals surface area (Å²) >= 11 is 0. The molecule has 0 atom stereocenters. The van der Waals surface area contributed by atoms with Crippen molar-refractivity contribution in [2.75, 3.05) is 0 Å². The predicted octanol–water partition coefficient (Wildman–Crippen LogP) is -0.178. The van der Waals surface area contributed by atoms with Gasteiger partial charge >= 0.3 is 0 Å². The molecule has 0 unspecified atom stereocenters. The number of aliphatic hydroxyl groups is 4. The topological polar surface area (TPSA) is 149 Å². The number of hydrogen-bond donors (Lipinski definition) is 4. The van der Waals surface area contributed by atoms with Crippen LogP contribution in [0.3, 0.4) is 0 Å². The molecule has 9 heteroatoms. The van der Waals surface area contributed by atoms with Gasteiger partial charge in [0.05, 0.1) is 0 Å². The van der Waals surface area contributed by atoms with Gasteiger partial charge in [-0.3, -0.25) is 19.2 Å². The maximum atomic E-state index is 10.1. The van der Waals surface area contributed by atoms with Crippen LogP contribution in [-0.4, -0.2) is 68.0 Å². The Bertz CT molecular complexity index is 311. The molecule has 0 saturated heterocycles. The molecule has 0 aromatic rings. The van der Waals surface area contributed by atoms with Crippen molar-refractivity contribution in [1.29, 1.82) is 0 Å². The van der Waals surface area contributed by atoms with Crippen LogP contribution in [0.25, 0.3) is 0 Å². The van der Waals surface area contributed by atoms with Crippen molar-refractivity contribution in [3.8, 4) is 0 Å². The number of rotatable bonds is 4. The zero-order valence-corrected chi connectivity index (χ0v) is 17.8. The summed E-state index contributed by atoms with van der Waals surface area (Å²) in [6.45, 7) is 11.6. The molecular weight excluding hydrogens is 368 g/mol. The second-order valence-corrected chi connectivity index (χ2v) is 5.44. The van der Waals surface area contributed by atoms with Crippen LogP contribution in [-0.2, 0) is 40.9 Å². The number of carbonyl (C=O) groups is 4. The van der Waals surface area contributed by atoms with Crippen molar-refractivity contribution < 1.29 is 61.3 Å². The molecule has 0 aliphatic heterocycles. The SMILES string of the molecule is CC(=O)C(O)C(C)=O.CC(=O)C(O)C(C)=O.CC(C)O.CC(C)O.[Ti]. The fourth-order valence-corrected chi connectivity index (χ4v) is 0.572. The van der Waals surface area contributed by atoms with Gasteiger partial charge in [-0.2, -0.15) is 0 Å². The van der Waals surface area contributed by atoms with E-state index in [-0.39, 0.29) is 33.9 Å². The minimum Gasteiger partial charge on any atom is -0.394 e.